The van der Waals surface area contributed by atoms with E-state index in [9.17, 15) is 26.7 Å². The van der Waals surface area contributed by atoms with Gasteiger partial charge in [0.15, 0.2) is 0 Å². The summed E-state index contributed by atoms with van der Waals surface area (Å²) in [5.41, 5.74) is -1.74. The van der Waals surface area contributed by atoms with Gasteiger partial charge in [-0.25, -0.2) is 8.78 Å². The summed E-state index contributed by atoms with van der Waals surface area (Å²) >= 11 is 0. The van der Waals surface area contributed by atoms with E-state index in [1.165, 1.54) is 6.07 Å². The van der Waals surface area contributed by atoms with Crippen molar-refractivity contribution in [3.8, 4) is 0 Å². The number of ketones is 1. The van der Waals surface area contributed by atoms with E-state index in [1.807, 2.05) is 0 Å². The van der Waals surface area contributed by atoms with E-state index in [4.69, 9.17) is 0 Å². The predicted octanol–water partition coefficient (Wildman–Crippen LogP) is 4.81. The number of carbonyl (C=O) groups is 1. The molecule has 2 aromatic rings. The molecule has 0 atom stereocenters. The van der Waals surface area contributed by atoms with Crippen LogP contribution in [0.3, 0.4) is 0 Å². The number of nitrogens with zero attached hydrogens (tertiary/aromatic N) is 1. The summed E-state index contributed by atoms with van der Waals surface area (Å²) in [4.78, 5) is 15.1. The first-order valence-electron chi connectivity index (χ1n) is 7.73. The molecule has 1 aliphatic rings. The minimum absolute atomic E-state index is 0.00712. The fourth-order valence-corrected chi connectivity index (χ4v) is 3.38. The molecule has 1 fully saturated rings. The molecule has 0 saturated heterocycles. The van der Waals surface area contributed by atoms with E-state index in [0.29, 0.717) is 5.56 Å². The maximum absolute atomic E-state index is 14.4. The fourth-order valence-electron chi connectivity index (χ4n) is 3.38. The Kier molecular flexibility index (Phi) is 4.34. The van der Waals surface area contributed by atoms with Crippen LogP contribution in [-0.2, 0) is 16.4 Å². The van der Waals surface area contributed by atoms with Crippen molar-refractivity contribution >= 4 is 5.78 Å². The average molecular weight is 355 g/mol. The molecule has 0 amide bonds. The van der Waals surface area contributed by atoms with Crippen LogP contribution in [0, 0.1) is 11.6 Å². The van der Waals surface area contributed by atoms with Gasteiger partial charge < -0.3 is 0 Å². The molecule has 7 heteroatoms. The third-order valence-electron chi connectivity index (χ3n) is 4.71. The summed E-state index contributed by atoms with van der Waals surface area (Å²) in [6, 6.07) is 5.06. The summed E-state index contributed by atoms with van der Waals surface area (Å²) < 4.78 is 66.3. The normalized spacial score (nSPS) is 17.6. The minimum Gasteiger partial charge on any atom is -0.300 e. The Morgan fingerprint density at radius 2 is 1.68 bits per heavy atom. The van der Waals surface area contributed by atoms with Crippen molar-refractivity contribution in [2.45, 2.75) is 37.3 Å². The number of aromatic nitrogens is 1. The van der Waals surface area contributed by atoms with Gasteiger partial charge >= 0.3 is 6.18 Å². The van der Waals surface area contributed by atoms with Crippen LogP contribution in [0.15, 0.2) is 36.5 Å². The zero-order valence-electron chi connectivity index (χ0n) is 13.0. The molecule has 0 aliphatic heterocycles. The first-order chi connectivity index (χ1) is 11.7. The Hall–Kier alpha value is -2.31. The van der Waals surface area contributed by atoms with Crippen LogP contribution in [0.5, 0.6) is 0 Å². The molecule has 3 rings (SSSR count). The van der Waals surface area contributed by atoms with E-state index in [0.717, 1.165) is 30.5 Å². The molecule has 0 spiro atoms. The average Bonchev–Trinajstić information content (AvgIpc) is 2.58. The molecule has 1 aromatic heterocycles. The van der Waals surface area contributed by atoms with Gasteiger partial charge in [-0.2, -0.15) is 13.2 Å². The Morgan fingerprint density at radius 3 is 2.24 bits per heavy atom. The molecule has 1 heterocycles. The van der Waals surface area contributed by atoms with Crippen molar-refractivity contribution in [1.82, 2.24) is 4.98 Å². The maximum atomic E-state index is 14.4. The van der Waals surface area contributed by atoms with Gasteiger partial charge in [0.1, 0.15) is 23.1 Å². The van der Waals surface area contributed by atoms with Gasteiger partial charge in [0.25, 0.3) is 0 Å². The molecule has 0 radical (unpaired) electrons. The van der Waals surface area contributed by atoms with Crippen LogP contribution in [-0.4, -0.2) is 10.8 Å². The van der Waals surface area contributed by atoms with Gasteiger partial charge in [0.05, 0.1) is 0 Å². The van der Waals surface area contributed by atoms with Crippen molar-refractivity contribution in [2.75, 3.05) is 0 Å². The molecule has 1 aliphatic carbocycles. The largest absolute Gasteiger partial charge is 0.433 e. The minimum atomic E-state index is -4.58. The van der Waals surface area contributed by atoms with E-state index in [1.54, 1.807) is 0 Å². The summed E-state index contributed by atoms with van der Waals surface area (Å²) in [5, 5.41) is 0. The van der Waals surface area contributed by atoms with Gasteiger partial charge in [-0.1, -0.05) is 6.07 Å². The van der Waals surface area contributed by atoms with Crippen LogP contribution in [0.25, 0.3) is 0 Å². The Bertz CT molecular complexity index is 788. The first kappa shape index (κ1) is 17.5. The van der Waals surface area contributed by atoms with Crippen molar-refractivity contribution in [3.63, 3.8) is 0 Å². The zero-order chi connectivity index (χ0) is 18.2. The molecular formula is C18H14F5NO. The number of pyridine rings is 1. The van der Waals surface area contributed by atoms with Crippen LogP contribution in [0.1, 0.15) is 42.5 Å². The van der Waals surface area contributed by atoms with Crippen LogP contribution in [0.2, 0.25) is 0 Å². The number of halogens is 5. The topological polar surface area (TPSA) is 30.0 Å². The summed E-state index contributed by atoms with van der Waals surface area (Å²) in [7, 11) is 0. The standard InChI is InChI=1S/C18H14F5NO/c19-12-2-3-15(20)14(9-12)17(7-5-13(25)6-8-17)11-1-4-16(24-10-11)18(21,22)23/h1-4,9-10H,5-8H2. The second kappa shape index (κ2) is 6.20. The maximum Gasteiger partial charge on any atom is 0.433 e. The second-order valence-electron chi connectivity index (χ2n) is 6.17. The van der Waals surface area contributed by atoms with Gasteiger partial charge in [-0.3, -0.25) is 9.78 Å². The highest BCUT2D eigenvalue weighted by Crippen LogP contribution is 2.45. The summed E-state index contributed by atoms with van der Waals surface area (Å²) in [6.07, 6.45) is -2.85. The first-order valence-corrected chi connectivity index (χ1v) is 7.73. The predicted molar refractivity (Wildman–Crippen MR) is 79.9 cm³/mol. The molecule has 1 aromatic carbocycles. The Morgan fingerprint density at radius 1 is 1.00 bits per heavy atom. The smallest absolute Gasteiger partial charge is 0.300 e. The Labute approximate surface area is 140 Å². The molecular weight excluding hydrogens is 341 g/mol. The van der Waals surface area contributed by atoms with Gasteiger partial charge in [0, 0.05) is 30.0 Å². The van der Waals surface area contributed by atoms with E-state index >= 15 is 0 Å². The number of hydrogen-bond donors (Lipinski definition) is 0. The molecule has 0 unspecified atom stereocenters. The van der Waals surface area contributed by atoms with Gasteiger partial charge in [-0.15, -0.1) is 0 Å². The van der Waals surface area contributed by atoms with Crippen LogP contribution in [0.4, 0.5) is 22.0 Å². The molecule has 1 saturated carbocycles. The zero-order valence-corrected chi connectivity index (χ0v) is 13.0. The van der Waals surface area contributed by atoms with Gasteiger partial charge in [-0.05, 0) is 42.7 Å². The van der Waals surface area contributed by atoms with Gasteiger partial charge in [0.2, 0.25) is 0 Å². The lowest BCUT2D eigenvalue weighted by Gasteiger charge is -2.38. The van der Waals surface area contributed by atoms with Crippen molar-refractivity contribution in [1.29, 1.82) is 0 Å². The number of benzene rings is 1. The van der Waals surface area contributed by atoms with E-state index in [-0.39, 0.29) is 37.0 Å². The quantitative estimate of drug-likeness (QED) is 0.724. The summed E-state index contributed by atoms with van der Waals surface area (Å²) in [6.45, 7) is 0. The monoisotopic (exact) mass is 355 g/mol. The molecule has 2 nitrogen and oxygen atoms in total. The highest BCUT2D eigenvalue weighted by atomic mass is 19.4. The third kappa shape index (κ3) is 3.27. The summed E-state index contributed by atoms with van der Waals surface area (Å²) in [5.74, 6) is -1.31. The highest BCUT2D eigenvalue weighted by Gasteiger charge is 2.41. The third-order valence-corrected chi connectivity index (χ3v) is 4.71. The number of carbonyl (C=O) groups excluding carboxylic acids is 1. The lowest BCUT2D eigenvalue weighted by Crippen LogP contribution is -2.34. The number of Topliss-reactive ketones (excluding diaryl/α,β-unsaturated/α-hetero) is 1. The SMILES string of the molecule is O=C1CCC(c2ccc(C(F)(F)F)nc2)(c2cc(F)ccc2F)CC1. The van der Waals surface area contributed by atoms with Crippen molar-refractivity contribution in [2.24, 2.45) is 0 Å². The fraction of sp³-hybridized carbons (Fsp3) is 0.333. The van der Waals surface area contributed by atoms with E-state index < -0.39 is 28.9 Å². The molecule has 132 valence electrons. The Balaban J connectivity index is 2.12. The van der Waals surface area contributed by atoms with Crippen molar-refractivity contribution < 1.29 is 26.7 Å². The number of hydrogen-bond acceptors (Lipinski definition) is 2. The highest BCUT2D eigenvalue weighted by molar-refractivity contribution is 5.80. The second-order valence-corrected chi connectivity index (χ2v) is 6.17. The van der Waals surface area contributed by atoms with Crippen molar-refractivity contribution in [3.05, 3.63) is 65.0 Å². The van der Waals surface area contributed by atoms with Crippen LogP contribution >= 0.6 is 0 Å². The molecule has 25 heavy (non-hydrogen) atoms. The van der Waals surface area contributed by atoms with Crippen LogP contribution < -0.4 is 0 Å². The lowest BCUT2D eigenvalue weighted by atomic mass is 9.65. The molecule has 0 N–H and O–H groups in total. The lowest BCUT2D eigenvalue weighted by molar-refractivity contribution is -0.141. The molecule has 0 bridgehead atoms. The number of alkyl halides is 3. The van der Waals surface area contributed by atoms with E-state index in [2.05, 4.69) is 4.98 Å². The number of rotatable bonds is 2.